The standard InChI is InChI=1S/C29H45N3O5/c1-4-6-9-17-31-19-13-15-29-23(22-25(34)30(16-5-2)18-12-14-28(22,3)37-29)26(35)32(24(29)27(31)36)20-10-7-8-11-21-33/h12-15,22-24,33H,4-11,16-21H2,1-3H3/t22-,23-,24?,28+,29-/m0/s1. The molecule has 1 spiro atoms. The molecule has 37 heavy (non-hydrogen) atoms. The van der Waals surface area contributed by atoms with Crippen LogP contribution in [0.5, 0.6) is 0 Å². The molecule has 0 bridgehead atoms. The van der Waals surface area contributed by atoms with Crippen molar-refractivity contribution >= 4 is 17.7 Å². The van der Waals surface area contributed by atoms with Gasteiger partial charge in [0.15, 0.2) is 0 Å². The number of amides is 3. The number of rotatable bonds is 12. The van der Waals surface area contributed by atoms with Crippen LogP contribution in [0.4, 0.5) is 0 Å². The van der Waals surface area contributed by atoms with Gasteiger partial charge in [0.1, 0.15) is 11.6 Å². The average Bonchev–Trinajstić information content (AvgIpc) is 3.14. The second-order valence-electron chi connectivity index (χ2n) is 11.2. The molecule has 4 aliphatic rings. The number of ether oxygens (including phenoxy) is 1. The minimum absolute atomic E-state index is 0.0574. The first-order chi connectivity index (χ1) is 17.8. The minimum atomic E-state index is -1.16. The van der Waals surface area contributed by atoms with Gasteiger partial charge in [-0.1, -0.05) is 63.8 Å². The molecule has 1 unspecified atom stereocenters. The van der Waals surface area contributed by atoms with Gasteiger partial charge >= 0.3 is 0 Å². The van der Waals surface area contributed by atoms with Gasteiger partial charge in [-0.15, -0.1) is 0 Å². The summed E-state index contributed by atoms with van der Waals surface area (Å²) in [5.41, 5.74) is -2.11. The maximum absolute atomic E-state index is 14.2. The summed E-state index contributed by atoms with van der Waals surface area (Å²) in [6.07, 6.45) is 14.9. The van der Waals surface area contributed by atoms with E-state index in [4.69, 9.17) is 9.84 Å². The second kappa shape index (κ2) is 11.7. The van der Waals surface area contributed by atoms with Crippen molar-refractivity contribution < 1.29 is 24.2 Å². The molecule has 3 amide bonds. The molecule has 0 radical (unpaired) electrons. The highest BCUT2D eigenvalue weighted by atomic mass is 16.5. The number of carbonyl (C=O) groups excluding carboxylic acids is 3. The van der Waals surface area contributed by atoms with Crippen molar-refractivity contribution in [3.63, 3.8) is 0 Å². The number of aliphatic hydroxyl groups is 1. The molecule has 1 N–H and O–H groups in total. The van der Waals surface area contributed by atoms with E-state index >= 15 is 0 Å². The summed E-state index contributed by atoms with van der Waals surface area (Å²) in [5.74, 6) is -1.68. The Balaban J connectivity index is 1.71. The van der Waals surface area contributed by atoms with E-state index in [1.54, 1.807) is 4.90 Å². The highest BCUT2D eigenvalue weighted by Crippen LogP contribution is 2.57. The summed E-state index contributed by atoms with van der Waals surface area (Å²) in [5, 5.41) is 9.13. The average molecular weight is 516 g/mol. The van der Waals surface area contributed by atoms with Crippen LogP contribution in [0, 0.1) is 11.8 Å². The van der Waals surface area contributed by atoms with Gasteiger partial charge in [-0.05, 0) is 32.6 Å². The van der Waals surface area contributed by atoms with Gasteiger partial charge in [0.05, 0.1) is 17.4 Å². The summed E-state index contributed by atoms with van der Waals surface area (Å²) in [4.78, 5) is 47.7. The Morgan fingerprint density at radius 3 is 2.19 bits per heavy atom. The van der Waals surface area contributed by atoms with Gasteiger partial charge < -0.3 is 24.5 Å². The van der Waals surface area contributed by atoms with Gasteiger partial charge in [0.2, 0.25) is 17.7 Å². The zero-order valence-electron chi connectivity index (χ0n) is 22.9. The normalized spacial score (nSPS) is 33.0. The summed E-state index contributed by atoms with van der Waals surface area (Å²) in [6, 6.07) is -0.771. The fourth-order valence-electron chi connectivity index (χ4n) is 6.83. The molecular weight excluding hydrogens is 470 g/mol. The van der Waals surface area contributed by atoms with E-state index in [1.165, 1.54) is 0 Å². The Hall–Kier alpha value is -2.19. The van der Waals surface area contributed by atoms with Gasteiger partial charge in [0.25, 0.3) is 0 Å². The lowest BCUT2D eigenvalue weighted by Gasteiger charge is -2.37. The van der Waals surface area contributed by atoms with Gasteiger partial charge in [-0.25, -0.2) is 0 Å². The van der Waals surface area contributed by atoms with E-state index in [2.05, 4.69) is 6.92 Å². The second-order valence-corrected chi connectivity index (χ2v) is 11.2. The molecule has 206 valence electrons. The monoisotopic (exact) mass is 515 g/mol. The van der Waals surface area contributed by atoms with Crippen LogP contribution in [-0.2, 0) is 19.1 Å². The Labute approximate surface area is 221 Å². The summed E-state index contributed by atoms with van der Waals surface area (Å²) >= 11 is 0. The van der Waals surface area contributed by atoms with Crippen LogP contribution in [-0.4, -0.2) is 94.1 Å². The van der Waals surface area contributed by atoms with E-state index in [0.29, 0.717) is 32.7 Å². The molecule has 0 aliphatic carbocycles. The van der Waals surface area contributed by atoms with Crippen LogP contribution in [0.25, 0.3) is 0 Å². The molecule has 2 fully saturated rings. The van der Waals surface area contributed by atoms with Gasteiger partial charge in [0, 0.05) is 39.3 Å². The fourth-order valence-corrected chi connectivity index (χ4v) is 6.83. The number of likely N-dealkylation sites (tertiary alicyclic amines) is 1. The molecular formula is C29H45N3O5. The lowest BCUT2D eigenvalue weighted by Crippen LogP contribution is -2.56. The number of hydrogen-bond donors (Lipinski definition) is 1. The van der Waals surface area contributed by atoms with Crippen molar-refractivity contribution in [2.24, 2.45) is 11.8 Å². The Bertz CT molecular complexity index is 919. The lowest BCUT2D eigenvalue weighted by molar-refractivity contribution is -0.152. The van der Waals surface area contributed by atoms with E-state index < -0.39 is 29.1 Å². The predicted molar refractivity (Wildman–Crippen MR) is 142 cm³/mol. The van der Waals surface area contributed by atoms with Crippen molar-refractivity contribution in [1.29, 1.82) is 0 Å². The lowest BCUT2D eigenvalue weighted by atomic mass is 9.74. The number of aliphatic hydroxyl groups excluding tert-OH is 1. The fraction of sp³-hybridized carbons (Fsp3) is 0.759. The Morgan fingerprint density at radius 1 is 0.811 bits per heavy atom. The number of hydrogen-bond acceptors (Lipinski definition) is 5. The van der Waals surface area contributed by atoms with Crippen LogP contribution in [0.1, 0.15) is 72.1 Å². The largest absolute Gasteiger partial charge is 0.396 e. The third-order valence-corrected chi connectivity index (χ3v) is 8.56. The topological polar surface area (TPSA) is 90.4 Å². The number of fused-ring (bicyclic) bond motifs is 2. The van der Waals surface area contributed by atoms with Crippen molar-refractivity contribution in [3.05, 3.63) is 24.3 Å². The van der Waals surface area contributed by atoms with Gasteiger partial charge in [-0.2, -0.15) is 0 Å². The van der Waals surface area contributed by atoms with Crippen molar-refractivity contribution in [2.75, 3.05) is 39.3 Å². The minimum Gasteiger partial charge on any atom is -0.396 e. The Kier molecular flexibility index (Phi) is 8.79. The summed E-state index contributed by atoms with van der Waals surface area (Å²) in [6.45, 7) is 8.97. The zero-order chi connectivity index (χ0) is 26.6. The number of unbranched alkanes of at least 4 members (excludes halogenated alkanes) is 5. The predicted octanol–water partition coefficient (Wildman–Crippen LogP) is 2.91. The van der Waals surface area contributed by atoms with Crippen LogP contribution in [0.15, 0.2) is 24.3 Å². The first-order valence-electron chi connectivity index (χ1n) is 14.4. The number of nitrogens with zero attached hydrogens (tertiary/aromatic N) is 3. The molecule has 5 atom stereocenters. The first-order valence-corrected chi connectivity index (χ1v) is 14.4. The molecule has 8 nitrogen and oxygen atoms in total. The molecule has 2 saturated heterocycles. The third-order valence-electron chi connectivity index (χ3n) is 8.56. The van der Waals surface area contributed by atoms with Gasteiger partial charge in [-0.3, -0.25) is 14.4 Å². The SMILES string of the molecule is CCCCCN1CC=C[C@]23O[C@]4(C)C=CCN(CCC)C(=O)[C@@H]4[C@H]2C(=O)N(CCCCCCO)C3C1=O. The maximum Gasteiger partial charge on any atom is 0.249 e. The van der Waals surface area contributed by atoms with Crippen LogP contribution >= 0.6 is 0 Å². The van der Waals surface area contributed by atoms with E-state index in [-0.39, 0.29) is 24.3 Å². The summed E-state index contributed by atoms with van der Waals surface area (Å²) < 4.78 is 6.85. The van der Waals surface area contributed by atoms with Crippen LogP contribution in [0.3, 0.4) is 0 Å². The van der Waals surface area contributed by atoms with Crippen molar-refractivity contribution in [3.8, 4) is 0 Å². The molecule has 0 saturated carbocycles. The third kappa shape index (κ3) is 4.99. The quantitative estimate of drug-likeness (QED) is 0.319. The summed E-state index contributed by atoms with van der Waals surface area (Å²) in [7, 11) is 0. The van der Waals surface area contributed by atoms with Crippen LogP contribution < -0.4 is 0 Å². The van der Waals surface area contributed by atoms with Crippen LogP contribution in [0.2, 0.25) is 0 Å². The molecule has 0 aromatic heterocycles. The van der Waals surface area contributed by atoms with E-state index in [9.17, 15) is 14.4 Å². The van der Waals surface area contributed by atoms with Crippen molar-refractivity contribution in [2.45, 2.75) is 89.4 Å². The molecule has 8 heteroatoms. The molecule has 4 heterocycles. The Morgan fingerprint density at radius 2 is 1.49 bits per heavy atom. The molecule has 4 aliphatic heterocycles. The molecule has 0 aromatic rings. The van der Waals surface area contributed by atoms with Crippen molar-refractivity contribution in [1.82, 2.24) is 14.7 Å². The highest BCUT2D eigenvalue weighted by molar-refractivity contribution is 6.00. The number of carbonyl (C=O) groups is 3. The smallest absolute Gasteiger partial charge is 0.249 e. The first kappa shape index (κ1) is 27.8. The van der Waals surface area contributed by atoms with E-state index in [1.807, 2.05) is 48.0 Å². The maximum atomic E-state index is 14.2. The zero-order valence-corrected chi connectivity index (χ0v) is 22.9. The highest BCUT2D eigenvalue weighted by Gasteiger charge is 2.74. The molecule has 0 aromatic carbocycles. The van der Waals surface area contributed by atoms with E-state index in [0.717, 1.165) is 51.4 Å². The molecule has 4 rings (SSSR count).